The largest absolute Gasteiger partial charge is 0.618 e. The van der Waals surface area contributed by atoms with Crippen LogP contribution in [0.4, 0.5) is 4.39 Å². The van der Waals surface area contributed by atoms with E-state index in [0.717, 1.165) is 12.8 Å². The van der Waals surface area contributed by atoms with Gasteiger partial charge in [-0.05, 0) is 34.9 Å². The molecule has 0 amide bonds. The number of tetrazole rings is 1. The second-order valence-electron chi connectivity index (χ2n) is 9.41. The zero-order chi connectivity index (χ0) is 27.3. The molecule has 1 fully saturated rings. The molecule has 39 heavy (non-hydrogen) atoms. The fraction of sp³-hybridized carbons (Fsp3) is 0.240. The van der Waals surface area contributed by atoms with E-state index in [1.807, 2.05) is 0 Å². The van der Waals surface area contributed by atoms with Gasteiger partial charge in [0.05, 0.1) is 39.3 Å². The van der Waals surface area contributed by atoms with Gasteiger partial charge in [-0.1, -0.05) is 36.0 Å². The highest BCUT2D eigenvalue weighted by Gasteiger charge is 2.33. The van der Waals surface area contributed by atoms with Gasteiger partial charge in [0.15, 0.2) is 12.0 Å². The highest BCUT2D eigenvalue weighted by molar-refractivity contribution is 6.34. The average Bonchev–Trinajstić information content (AvgIpc) is 3.35. The molecule has 1 atom stereocenters. The Morgan fingerprint density at radius 1 is 1.15 bits per heavy atom. The molecule has 0 radical (unpaired) electrons. The summed E-state index contributed by atoms with van der Waals surface area (Å²) in [5, 5.41) is 33.1. The summed E-state index contributed by atoms with van der Waals surface area (Å²) in [4.78, 5) is 12.1. The Kier molecular flexibility index (Phi) is 6.35. The number of pyridine rings is 1. The molecule has 5 aromatic rings. The molecular weight excluding hydrogens is 548 g/mol. The van der Waals surface area contributed by atoms with Crippen LogP contribution in [0.15, 0.2) is 60.2 Å². The molecule has 0 N–H and O–H groups in total. The van der Waals surface area contributed by atoms with Crippen LogP contribution in [0.25, 0.3) is 27.9 Å². The third-order valence-electron chi connectivity index (χ3n) is 6.79. The van der Waals surface area contributed by atoms with Gasteiger partial charge in [0, 0.05) is 36.5 Å². The van der Waals surface area contributed by atoms with E-state index in [2.05, 4.69) is 25.7 Å². The summed E-state index contributed by atoms with van der Waals surface area (Å²) in [6.07, 6.45) is 10.3. The summed E-state index contributed by atoms with van der Waals surface area (Å²) in [6, 6.07) is 5.48. The van der Waals surface area contributed by atoms with E-state index in [0.29, 0.717) is 33.9 Å². The maximum Gasteiger partial charge on any atom is 0.267 e. The standard InChI is InChI=1S/C25H20Cl2FN9O2/c1-34-23(38)7-15(9-30-34)16-10-31-35(11-16)21(6-14-2-3-14)22-8-19(27)17(12-37(22)39)24-20(36-13-29-32-33-36)5-4-18(26)25(24)28/h4-5,7-14,21H,2-3,6H2,1H3/t21-/m0/s1. The molecule has 0 unspecified atom stereocenters. The number of aromatic nitrogens is 9. The van der Waals surface area contributed by atoms with Crippen molar-refractivity contribution in [3.05, 3.63) is 92.5 Å². The summed E-state index contributed by atoms with van der Waals surface area (Å²) in [7, 11) is 1.57. The minimum Gasteiger partial charge on any atom is -0.618 e. The van der Waals surface area contributed by atoms with Crippen LogP contribution in [0, 0.1) is 16.9 Å². The van der Waals surface area contributed by atoms with Crippen LogP contribution >= 0.6 is 23.2 Å². The monoisotopic (exact) mass is 567 g/mol. The lowest BCUT2D eigenvalue weighted by Gasteiger charge is -2.19. The molecule has 11 nitrogen and oxygen atoms in total. The van der Waals surface area contributed by atoms with Crippen molar-refractivity contribution in [1.82, 2.24) is 39.8 Å². The average molecular weight is 568 g/mol. The Morgan fingerprint density at radius 3 is 2.67 bits per heavy atom. The number of benzene rings is 1. The van der Waals surface area contributed by atoms with Gasteiger partial charge >= 0.3 is 0 Å². The first-order valence-electron chi connectivity index (χ1n) is 12.0. The second-order valence-corrected chi connectivity index (χ2v) is 10.2. The second kappa shape index (κ2) is 9.86. The maximum absolute atomic E-state index is 15.3. The summed E-state index contributed by atoms with van der Waals surface area (Å²) in [6.45, 7) is 0. The van der Waals surface area contributed by atoms with E-state index in [-0.39, 0.29) is 32.4 Å². The molecule has 0 spiro atoms. The molecular formula is C25H20Cl2FN9O2. The Hall–Kier alpha value is -4.16. The van der Waals surface area contributed by atoms with E-state index < -0.39 is 11.9 Å². The topological polar surface area (TPSA) is 123 Å². The third kappa shape index (κ3) is 4.77. The molecule has 1 saturated carbocycles. The SMILES string of the molecule is Cn1ncc(-c2cnn([C@@H](CC3CC3)c3cc(Cl)c(-c4c(-n5cnnn5)ccc(Cl)c4F)c[n+]3[O-])c2)cc1=O. The number of halogens is 3. The normalized spacial score (nSPS) is 14.1. The smallest absolute Gasteiger partial charge is 0.267 e. The van der Waals surface area contributed by atoms with Crippen LogP contribution in [-0.2, 0) is 7.05 Å². The summed E-state index contributed by atoms with van der Waals surface area (Å²) in [5.41, 5.74) is 1.80. The first-order valence-corrected chi connectivity index (χ1v) is 12.8. The van der Waals surface area contributed by atoms with Crippen molar-refractivity contribution in [1.29, 1.82) is 0 Å². The van der Waals surface area contributed by atoms with Crippen LogP contribution < -0.4 is 10.3 Å². The quantitative estimate of drug-likeness (QED) is 0.216. The number of aryl methyl sites for hydroxylation is 1. The van der Waals surface area contributed by atoms with E-state index in [4.69, 9.17) is 23.2 Å². The van der Waals surface area contributed by atoms with Crippen LogP contribution in [0.2, 0.25) is 10.0 Å². The van der Waals surface area contributed by atoms with E-state index >= 15 is 4.39 Å². The Balaban J connectivity index is 1.43. The molecule has 198 valence electrons. The highest BCUT2D eigenvalue weighted by Crippen LogP contribution is 2.41. The number of rotatable bonds is 7. The van der Waals surface area contributed by atoms with Gasteiger partial charge in [-0.3, -0.25) is 9.48 Å². The predicted molar refractivity (Wildman–Crippen MR) is 140 cm³/mol. The van der Waals surface area contributed by atoms with E-state index in [9.17, 15) is 10.0 Å². The Labute approximate surface area is 230 Å². The number of nitrogens with zero attached hydrogens (tertiary/aromatic N) is 9. The summed E-state index contributed by atoms with van der Waals surface area (Å²) < 4.78 is 20.2. The van der Waals surface area contributed by atoms with Crippen LogP contribution in [-0.4, -0.2) is 39.8 Å². The van der Waals surface area contributed by atoms with Crippen molar-refractivity contribution < 1.29 is 9.12 Å². The molecule has 4 heterocycles. The van der Waals surface area contributed by atoms with Crippen molar-refractivity contribution in [2.45, 2.75) is 25.3 Å². The van der Waals surface area contributed by atoms with Crippen molar-refractivity contribution in [2.75, 3.05) is 0 Å². The lowest BCUT2D eigenvalue weighted by Crippen LogP contribution is -2.36. The van der Waals surface area contributed by atoms with Crippen molar-refractivity contribution in [3.63, 3.8) is 0 Å². The van der Waals surface area contributed by atoms with Gasteiger partial charge in [-0.2, -0.15) is 19.6 Å². The first kappa shape index (κ1) is 25.1. The van der Waals surface area contributed by atoms with Gasteiger partial charge in [-0.25, -0.2) is 9.07 Å². The van der Waals surface area contributed by atoms with Gasteiger partial charge in [0.2, 0.25) is 5.69 Å². The van der Waals surface area contributed by atoms with Crippen LogP contribution in [0.3, 0.4) is 0 Å². The number of hydrogen-bond acceptors (Lipinski definition) is 7. The minimum atomic E-state index is -0.756. The summed E-state index contributed by atoms with van der Waals surface area (Å²) >= 11 is 12.8. The first-order chi connectivity index (χ1) is 18.8. The molecule has 1 aromatic carbocycles. The van der Waals surface area contributed by atoms with Crippen molar-refractivity contribution in [2.24, 2.45) is 13.0 Å². The molecule has 4 aromatic heterocycles. The van der Waals surface area contributed by atoms with Gasteiger partial charge < -0.3 is 5.21 Å². The molecule has 0 bridgehead atoms. The lowest BCUT2D eigenvalue weighted by molar-refractivity contribution is -0.615. The lowest BCUT2D eigenvalue weighted by atomic mass is 10.0. The minimum absolute atomic E-state index is 0.00535. The molecule has 6 rings (SSSR count). The van der Waals surface area contributed by atoms with Crippen molar-refractivity contribution in [3.8, 4) is 27.9 Å². The van der Waals surface area contributed by atoms with Gasteiger partial charge in [0.1, 0.15) is 12.4 Å². The van der Waals surface area contributed by atoms with Crippen LogP contribution in [0.1, 0.15) is 31.0 Å². The molecule has 1 aliphatic rings. The highest BCUT2D eigenvalue weighted by atomic mass is 35.5. The van der Waals surface area contributed by atoms with Gasteiger partial charge in [0.25, 0.3) is 5.56 Å². The zero-order valence-electron chi connectivity index (χ0n) is 20.4. The predicted octanol–water partition coefficient (Wildman–Crippen LogP) is 3.76. The molecule has 14 heteroatoms. The summed E-state index contributed by atoms with van der Waals surface area (Å²) in [5.74, 6) is -0.322. The van der Waals surface area contributed by atoms with Gasteiger partial charge in [-0.15, -0.1) is 5.10 Å². The fourth-order valence-corrected chi connectivity index (χ4v) is 4.94. The molecule has 0 aliphatic heterocycles. The third-order valence-corrected chi connectivity index (χ3v) is 7.39. The molecule has 1 aliphatic carbocycles. The number of hydrogen-bond donors (Lipinski definition) is 0. The Morgan fingerprint density at radius 2 is 1.95 bits per heavy atom. The Bertz CT molecular complexity index is 1750. The van der Waals surface area contributed by atoms with E-state index in [1.165, 1.54) is 40.1 Å². The van der Waals surface area contributed by atoms with Crippen molar-refractivity contribution >= 4 is 23.2 Å². The maximum atomic E-state index is 15.3. The zero-order valence-corrected chi connectivity index (χ0v) is 22.0. The van der Waals surface area contributed by atoms with Crippen LogP contribution in [0.5, 0.6) is 0 Å². The van der Waals surface area contributed by atoms with E-state index in [1.54, 1.807) is 36.4 Å². The fourth-order valence-electron chi connectivity index (χ4n) is 4.53. The molecule has 0 saturated heterocycles.